The van der Waals surface area contributed by atoms with Gasteiger partial charge in [-0.1, -0.05) is 0 Å². The molecule has 0 unspecified atom stereocenters. The molecule has 0 bridgehead atoms. The molecule has 110 valence electrons. The van der Waals surface area contributed by atoms with Crippen molar-refractivity contribution < 1.29 is 13.2 Å². The van der Waals surface area contributed by atoms with Crippen molar-refractivity contribution in [3.63, 3.8) is 0 Å². The maximum absolute atomic E-state index is 12.2. The van der Waals surface area contributed by atoms with E-state index in [0.29, 0.717) is 5.69 Å². The Balaban J connectivity index is 3.29. The van der Waals surface area contributed by atoms with Gasteiger partial charge in [0.1, 0.15) is 28.4 Å². The van der Waals surface area contributed by atoms with Gasteiger partial charge >= 0.3 is 0 Å². The maximum Gasteiger partial charge on any atom is 0.246 e. The van der Waals surface area contributed by atoms with Crippen molar-refractivity contribution in [3.8, 4) is 17.9 Å². The van der Waals surface area contributed by atoms with Crippen LogP contribution in [-0.4, -0.2) is 33.9 Å². The number of methoxy groups -OCH3 is 1. The molecule has 1 aromatic rings. The largest absolute Gasteiger partial charge is 0.495 e. The van der Waals surface area contributed by atoms with Crippen LogP contribution in [-0.2, 0) is 10.0 Å². The number of rotatable bonds is 5. The van der Waals surface area contributed by atoms with Crippen LogP contribution in [0.25, 0.3) is 0 Å². The quantitative estimate of drug-likeness (QED) is 0.821. The molecule has 0 aliphatic carbocycles. The molecule has 1 aromatic carbocycles. The van der Waals surface area contributed by atoms with Gasteiger partial charge in [-0.25, -0.2) is 12.7 Å². The lowest BCUT2D eigenvalue weighted by Gasteiger charge is -2.15. The molecular weight excluding hydrogens is 292 g/mol. The lowest BCUT2D eigenvalue weighted by atomic mass is 10.3. The smallest absolute Gasteiger partial charge is 0.246 e. The number of nitrogens with zero attached hydrogens (tertiary/aromatic N) is 3. The van der Waals surface area contributed by atoms with Gasteiger partial charge in [0.15, 0.2) is 0 Å². The summed E-state index contributed by atoms with van der Waals surface area (Å²) >= 11 is 0. The van der Waals surface area contributed by atoms with Gasteiger partial charge in [-0.05, 0) is 18.2 Å². The monoisotopic (exact) mass is 306 g/mol. The zero-order valence-electron chi connectivity index (χ0n) is 11.8. The highest BCUT2D eigenvalue weighted by Gasteiger charge is 2.22. The van der Waals surface area contributed by atoms with Crippen LogP contribution in [0.5, 0.6) is 5.75 Å². The molecule has 0 aromatic heterocycles. The number of nitrogens with one attached hydrogen (secondary N) is 1. The van der Waals surface area contributed by atoms with Gasteiger partial charge in [0.25, 0.3) is 0 Å². The summed E-state index contributed by atoms with van der Waals surface area (Å²) in [6.07, 6.45) is 1.20. The van der Waals surface area contributed by atoms with Crippen LogP contribution in [0.3, 0.4) is 0 Å². The summed E-state index contributed by atoms with van der Waals surface area (Å²) < 4.78 is 30.5. The Morgan fingerprint density at radius 3 is 2.43 bits per heavy atom. The van der Waals surface area contributed by atoms with Crippen LogP contribution in [0.1, 0.15) is 0 Å². The molecule has 0 fully saturated rings. The van der Waals surface area contributed by atoms with E-state index in [1.54, 1.807) is 18.2 Å². The maximum atomic E-state index is 12.2. The van der Waals surface area contributed by atoms with Crippen molar-refractivity contribution in [2.45, 2.75) is 4.90 Å². The average Bonchev–Trinajstić information content (AvgIpc) is 2.47. The minimum atomic E-state index is -3.67. The van der Waals surface area contributed by atoms with Crippen LogP contribution in [0.15, 0.2) is 34.9 Å². The molecule has 0 atom stereocenters. The van der Waals surface area contributed by atoms with Gasteiger partial charge in [0, 0.05) is 26.0 Å². The number of benzene rings is 1. The number of ether oxygens (including phenoxy) is 1. The molecular formula is C13H14N4O3S. The molecule has 0 saturated carbocycles. The van der Waals surface area contributed by atoms with Crippen molar-refractivity contribution in [3.05, 3.63) is 30.0 Å². The molecule has 0 radical (unpaired) electrons. The highest BCUT2D eigenvalue weighted by molar-refractivity contribution is 7.89. The molecule has 0 spiro atoms. The van der Waals surface area contributed by atoms with E-state index in [4.69, 9.17) is 15.3 Å². The summed E-state index contributed by atoms with van der Waals surface area (Å²) in [5, 5.41) is 20.0. The minimum Gasteiger partial charge on any atom is -0.495 e. The Hall–Kier alpha value is -2.55. The first-order chi connectivity index (χ1) is 9.86. The first-order valence-corrected chi connectivity index (χ1v) is 7.18. The molecule has 0 heterocycles. The van der Waals surface area contributed by atoms with Crippen molar-refractivity contribution in [1.82, 2.24) is 4.31 Å². The van der Waals surface area contributed by atoms with Crippen LogP contribution in [0.4, 0.5) is 5.69 Å². The average molecular weight is 306 g/mol. The SMILES string of the molecule is COc1ccc(NC=C(C#N)C#N)cc1S(=O)(=O)N(C)C. The topological polar surface area (TPSA) is 106 Å². The second-order valence-electron chi connectivity index (χ2n) is 4.08. The van der Waals surface area contributed by atoms with E-state index in [1.807, 2.05) is 0 Å². The fraction of sp³-hybridized carbons (Fsp3) is 0.231. The molecule has 1 rings (SSSR count). The molecule has 0 saturated heterocycles. The molecule has 7 nitrogen and oxygen atoms in total. The summed E-state index contributed by atoms with van der Waals surface area (Å²) in [7, 11) is 0.531. The van der Waals surface area contributed by atoms with Gasteiger partial charge in [-0.2, -0.15) is 10.5 Å². The van der Waals surface area contributed by atoms with Crippen LogP contribution < -0.4 is 10.1 Å². The van der Waals surface area contributed by atoms with E-state index in [0.717, 1.165) is 4.31 Å². The molecule has 8 heteroatoms. The van der Waals surface area contributed by atoms with Crippen LogP contribution >= 0.6 is 0 Å². The third kappa shape index (κ3) is 3.72. The summed E-state index contributed by atoms with van der Waals surface area (Å²) in [6, 6.07) is 7.83. The third-order valence-corrected chi connectivity index (χ3v) is 4.38. The standard InChI is InChI=1S/C13H14N4O3S/c1-17(2)21(18,19)13-6-11(4-5-12(13)20-3)16-9-10(7-14)8-15/h4-6,9,16H,1-3H3. The predicted molar refractivity (Wildman–Crippen MR) is 76.8 cm³/mol. The number of sulfonamides is 1. The van der Waals surface area contributed by atoms with Crippen LogP contribution in [0.2, 0.25) is 0 Å². The summed E-state index contributed by atoms with van der Waals surface area (Å²) in [4.78, 5) is -0.0103. The molecule has 1 N–H and O–H groups in total. The first kappa shape index (κ1) is 16.5. The first-order valence-electron chi connectivity index (χ1n) is 5.74. The molecule has 0 aliphatic rings. The zero-order chi connectivity index (χ0) is 16.0. The fourth-order valence-electron chi connectivity index (χ4n) is 1.41. The Labute approximate surface area is 123 Å². The Morgan fingerprint density at radius 2 is 1.95 bits per heavy atom. The highest BCUT2D eigenvalue weighted by Crippen LogP contribution is 2.28. The summed E-state index contributed by atoms with van der Waals surface area (Å²) in [5.41, 5.74) is 0.294. The number of anilines is 1. The van der Waals surface area contributed by atoms with Crippen molar-refractivity contribution in [1.29, 1.82) is 10.5 Å². The third-order valence-electron chi connectivity index (χ3n) is 2.55. The molecule has 21 heavy (non-hydrogen) atoms. The number of allylic oxidation sites excluding steroid dienone is 1. The Bertz CT molecular complexity index is 724. The van der Waals surface area contributed by atoms with Gasteiger partial charge in [-0.15, -0.1) is 0 Å². The lowest BCUT2D eigenvalue weighted by Crippen LogP contribution is -2.22. The number of hydrogen-bond donors (Lipinski definition) is 1. The predicted octanol–water partition coefficient (Wildman–Crippen LogP) is 1.29. The Kier molecular flexibility index (Phi) is 5.30. The number of nitriles is 2. The van der Waals surface area contributed by atoms with Crippen LogP contribution in [0, 0.1) is 22.7 Å². The fourth-order valence-corrected chi connectivity index (χ4v) is 2.48. The van der Waals surface area contributed by atoms with Crippen molar-refractivity contribution in [2.24, 2.45) is 0 Å². The Morgan fingerprint density at radius 1 is 1.33 bits per heavy atom. The zero-order valence-corrected chi connectivity index (χ0v) is 12.6. The lowest BCUT2D eigenvalue weighted by molar-refractivity contribution is 0.400. The van der Waals surface area contributed by atoms with Crippen molar-refractivity contribution >= 4 is 15.7 Å². The van der Waals surface area contributed by atoms with E-state index < -0.39 is 10.0 Å². The van der Waals surface area contributed by atoms with E-state index in [2.05, 4.69) is 5.32 Å². The van der Waals surface area contributed by atoms with Gasteiger partial charge in [-0.3, -0.25) is 0 Å². The van der Waals surface area contributed by atoms with Gasteiger partial charge < -0.3 is 10.1 Å². The van der Waals surface area contributed by atoms with E-state index in [-0.39, 0.29) is 16.2 Å². The molecule has 0 aliphatic heterocycles. The normalized spacial score (nSPS) is 10.4. The summed E-state index contributed by atoms with van der Waals surface area (Å²) in [6.45, 7) is 0. The van der Waals surface area contributed by atoms with E-state index in [1.165, 1.54) is 39.5 Å². The van der Waals surface area contributed by atoms with Gasteiger partial charge in [0.2, 0.25) is 10.0 Å². The van der Waals surface area contributed by atoms with Gasteiger partial charge in [0.05, 0.1) is 7.11 Å². The second kappa shape index (κ2) is 6.75. The van der Waals surface area contributed by atoms with E-state index >= 15 is 0 Å². The highest BCUT2D eigenvalue weighted by atomic mass is 32.2. The summed E-state index contributed by atoms with van der Waals surface area (Å²) in [5.74, 6) is 0.207. The second-order valence-corrected chi connectivity index (χ2v) is 6.20. The van der Waals surface area contributed by atoms with E-state index in [9.17, 15) is 8.42 Å². The molecule has 0 amide bonds. The van der Waals surface area contributed by atoms with Crippen molar-refractivity contribution in [2.75, 3.05) is 26.5 Å². The number of hydrogen-bond acceptors (Lipinski definition) is 6. The minimum absolute atomic E-state index is 0.0103.